The lowest BCUT2D eigenvalue weighted by molar-refractivity contribution is 0.0382. The van der Waals surface area contributed by atoms with Gasteiger partial charge in [-0.25, -0.2) is 4.98 Å². The summed E-state index contributed by atoms with van der Waals surface area (Å²) in [5, 5.41) is 7.33. The maximum atomic E-state index is 6.39. The number of rotatable bonds is 9. The number of nitrogens with two attached hydrogens (primary N) is 1. The topological polar surface area (TPSA) is 98.5 Å². The lowest BCUT2D eigenvalue weighted by atomic mass is 10.1. The van der Waals surface area contributed by atoms with Crippen LogP contribution in [0.5, 0.6) is 11.5 Å². The second-order valence-corrected chi connectivity index (χ2v) is 6.39. The molecule has 0 aliphatic carbocycles. The van der Waals surface area contributed by atoms with Crippen LogP contribution in [-0.4, -0.2) is 66.1 Å². The van der Waals surface area contributed by atoms with Crippen molar-refractivity contribution < 1.29 is 14.2 Å². The van der Waals surface area contributed by atoms with E-state index in [1.54, 1.807) is 0 Å². The Labute approximate surface area is 160 Å². The van der Waals surface area contributed by atoms with E-state index in [1.807, 2.05) is 32.0 Å². The normalized spacial score (nSPS) is 16.3. The highest BCUT2D eigenvalue weighted by atomic mass is 16.5. The minimum Gasteiger partial charge on any atom is -0.490 e. The van der Waals surface area contributed by atoms with Gasteiger partial charge in [0.1, 0.15) is 5.82 Å². The molecule has 1 aliphatic rings. The number of morpholine rings is 1. The van der Waals surface area contributed by atoms with Gasteiger partial charge in [-0.05, 0) is 31.5 Å². The first-order valence-corrected chi connectivity index (χ1v) is 9.57. The van der Waals surface area contributed by atoms with E-state index in [0.717, 1.165) is 56.4 Å². The zero-order valence-corrected chi connectivity index (χ0v) is 16.1. The Bertz CT molecular complexity index is 715. The summed E-state index contributed by atoms with van der Waals surface area (Å²) < 4.78 is 16.7. The molecule has 148 valence electrons. The zero-order valence-electron chi connectivity index (χ0n) is 16.1. The number of aromatic nitrogens is 3. The van der Waals surface area contributed by atoms with Crippen molar-refractivity contribution in [2.24, 2.45) is 5.73 Å². The second-order valence-electron chi connectivity index (χ2n) is 6.39. The number of ether oxygens (including phenoxy) is 3. The van der Waals surface area contributed by atoms with E-state index >= 15 is 0 Å². The first-order chi connectivity index (χ1) is 13.2. The molecule has 3 N–H and O–H groups in total. The van der Waals surface area contributed by atoms with Gasteiger partial charge in [-0.1, -0.05) is 6.07 Å². The molecule has 0 radical (unpaired) electrons. The standard InChI is InChI=1S/C19H29N5O3/c1-3-26-15-6-5-14(13-16(15)27-4-2)18(20)19-21-17(22-23-19)7-8-24-9-11-25-12-10-24/h5-6,13,18H,3-4,7-12,20H2,1-2H3,(H,21,22,23)/t18-/m1/s1. The number of H-pyrrole nitrogens is 1. The van der Waals surface area contributed by atoms with Gasteiger partial charge in [0.2, 0.25) is 0 Å². The van der Waals surface area contributed by atoms with Crippen molar-refractivity contribution >= 4 is 0 Å². The zero-order chi connectivity index (χ0) is 19.1. The summed E-state index contributed by atoms with van der Waals surface area (Å²) in [6, 6.07) is 5.30. The lowest BCUT2D eigenvalue weighted by Crippen LogP contribution is -2.37. The number of hydrogen-bond acceptors (Lipinski definition) is 7. The molecule has 2 aromatic rings. The third-order valence-corrected chi connectivity index (χ3v) is 4.52. The number of aromatic amines is 1. The Morgan fingerprint density at radius 3 is 2.67 bits per heavy atom. The quantitative estimate of drug-likeness (QED) is 0.686. The number of nitrogens with one attached hydrogen (secondary N) is 1. The molecular formula is C19H29N5O3. The molecule has 1 saturated heterocycles. The van der Waals surface area contributed by atoms with Crippen LogP contribution in [0.4, 0.5) is 0 Å². The van der Waals surface area contributed by atoms with Crippen LogP contribution in [-0.2, 0) is 11.2 Å². The van der Waals surface area contributed by atoms with Crippen LogP contribution < -0.4 is 15.2 Å². The average Bonchev–Trinajstić information content (AvgIpc) is 3.17. The minimum absolute atomic E-state index is 0.423. The van der Waals surface area contributed by atoms with Crippen LogP contribution in [0.25, 0.3) is 0 Å². The first-order valence-electron chi connectivity index (χ1n) is 9.57. The van der Waals surface area contributed by atoms with Gasteiger partial charge in [0, 0.05) is 26.1 Å². The molecule has 1 aromatic heterocycles. The summed E-state index contributed by atoms with van der Waals surface area (Å²) in [5.74, 6) is 2.84. The summed E-state index contributed by atoms with van der Waals surface area (Å²) in [6.45, 7) is 9.49. The van der Waals surface area contributed by atoms with E-state index in [-0.39, 0.29) is 0 Å². The fourth-order valence-electron chi connectivity index (χ4n) is 3.06. The number of hydrogen-bond donors (Lipinski definition) is 2. The highest BCUT2D eigenvalue weighted by Gasteiger charge is 2.18. The van der Waals surface area contributed by atoms with Gasteiger partial charge in [-0.2, -0.15) is 5.10 Å². The SMILES string of the molecule is CCOc1ccc([C@@H](N)c2n[nH]c(CCN3CCOCC3)n2)cc1OCC. The van der Waals surface area contributed by atoms with Crippen molar-refractivity contribution in [3.05, 3.63) is 35.4 Å². The van der Waals surface area contributed by atoms with Gasteiger partial charge in [-0.15, -0.1) is 0 Å². The molecule has 8 heteroatoms. The maximum Gasteiger partial charge on any atom is 0.171 e. The van der Waals surface area contributed by atoms with Crippen molar-refractivity contribution in [3.8, 4) is 11.5 Å². The predicted octanol–water partition coefficient (Wildman–Crippen LogP) is 1.52. The Morgan fingerprint density at radius 1 is 1.19 bits per heavy atom. The number of nitrogens with zero attached hydrogens (tertiary/aromatic N) is 3. The molecule has 1 atom stereocenters. The molecule has 0 unspecified atom stereocenters. The Balaban J connectivity index is 1.65. The molecule has 1 aromatic carbocycles. The third kappa shape index (κ3) is 5.18. The predicted molar refractivity (Wildman–Crippen MR) is 102 cm³/mol. The molecule has 0 amide bonds. The summed E-state index contributed by atoms with van der Waals surface area (Å²) in [5.41, 5.74) is 7.28. The Morgan fingerprint density at radius 2 is 1.93 bits per heavy atom. The number of benzene rings is 1. The molecule has 3 rings (SSSR count). The monoisotopic (exact) mass is 375 g/mol. The second kappa shape index (κ2) is 9.68. The fraction of sp³-hybridized carbons (Fsp3) is 0.579. The van der Waals surface area contributed by atoms with Crippen molar-refractivity contribution in [3.63, 3.8) is 0 Å². The molecule has 1 aliphatic heterocycles. The van der Waals surface area contributed by atoms with Crippen LogP contribution in [0.3, 0.4) is 0 Å². The van der Waals surface area contributed by atoms with Crippen LogP contribution in [0.2, 0.25) is 0 Å². The smallest absolute Gasteiger partial charge is 0.171 e. The summed E-state index contributed by atoms with van der Waals surface area (Å²) in [6.07, 6.45) is 0.813. The Kier molecular flexibility index (Phi) is 7.03. The highest BCUT2D eigenvalue weighted by Crippen LogP contribution is 2.31. The molecule has 8 nitrogen and oxygen atoms in total. The van der Waals surface area contributed by atoms with Crippen LogP contribution in [0.15, 0.2) is 18.2 Å². The Hall–Kier alpha value is -2.16. The molecule has 1 fully saturated rings. The van der Waals surface area contributed by atoms with E-state index in [9.17, 15) is 0 Å². The van der Waals surface area contributed by atoms with Gasteiger partial charge >= 0.3 is 0 Å². The minimum atomic E-state index is -0.423. The van der Waals surface area contributed by atoms with Gasteiger partial charge < -0.3 is 19.9 Å². The third-order valence-electron chi connectivity index (χ3n) is 4.52. The molecule has 2 heterocycles. The average molecular weight is 375 g/mol. The molecule has 0 bridgehead atoms. The lowest BCUT2D eigenvalue weighted by Gasteiger charge is -2.25. The molecule has 0 saturated carbocycles. The van der Waals surface area contributed by atoms with E-state index in [1.165, 1.54) is 0 Å². The van der Waals surface area contributed by atoms with Crippen molar-refractivity contribution in [1.29, 1.82) is 0 Å². The van der Waals surface area contributed by atoms with Crippen molar-refractivity contribution in [1.82, 2.24) is 20.1 Å². The highest BCUT2D eigenvalue weighted by molar-refractivity contribution is 5.44. The fourth-order valence-corrected chi connectivity index (χ4v) is 3.06. The summed E-state index contributed by atoms with van der Waals surface area (Å²) in [7, 11) is 0. The van der Waals surface area contributed by atoms with E-state index < -0.39 is 6.04 Å². The largest absolute Gasteiger partial charge is 0.490 e. The van der Waals surface area contributed by atoms with E-state index in [2.05, 4.69) is 20.1 Å². The van der Waals surface area contributed by atoms with E-state index in [4.69, 9.17) is 19.9 Å². The molecule has 0 spiro atoms. The first kappa shape index (κ1) is 19.6. The van der Waals surface area contributed by atoms with Crippen LogP contribution in [0, 0.1) is 0 Å². The van der Waals surface area contributed by atoms with E-state index in [0.29, 0.717) is 24.8 Å². The summed E-state index contributed by atoms with van der Waals surface area (Å²) >= 11 is 0. The molecule has 27 heavy (non-hydrogen) atoms. The van der Waals surface area contributed by atoms with Crippen molar-refractivity contribution in [2.45, 2.75) is 26.3 Å². The van der Waals surface area contributed by atoms with Gasteiger partial charge in [0.25, 0.3) is 0 Å². The van der Waals surface area contributed by atoms with Gasteiger partial charge in [0.05, 0.1) is 32.5 Å². The van der Waals surface area contributed by atoms with Crippen LogP contribution in [0.1, 0.15) is 37.1 Å². The summed E-state index contributed by atoms with van der Waals surface area (Å²) in [4.78, 5) is 6.95. The van der Waals surface area contributed by atoms with Crippen molar-refractivity contribution in [2.75, 3.05) is 46.1 Å². The van der Waals surface area contributed by atoms with Gasteiger partial charge in [-0.3, -0.25) is 10.00 Å². The maximum absolute atomic E-state index is 6.39. The van der Waals surface area contributed by atoms with Crippen LogP contribution >= 0.6 is 0 Å². The molecular weight excluding hydrogens is 346 g/mol. The van der Waals surface area contributed by atoms with Gasteiger partial charge in [0.15, 0.2) is 17.3 Å².